The standard InChI is InChI=1S/C17H15N3O3S2/c21-16(12-25(22,23)11-13-6-2-1-3-7-13)20-17-19-15(10-24-17)14-8-4-5-9-18-14/h1-10H,11-12H2,(H,19,20,21). The first-order valence-electron chi connectivity index (χ1n) is 7.43. The lowest BCUT2D eigenvalue weighted by Gasteiger charge is -2.04. The predicted octanol–water partition coefficient (Wildman–Crippen LogP) is 2.76. The zero-order chi connectivity index (χ0) is 17.7. The average Bonchev–Trinajstić information content (AvgIpc) is 3.04. The van der Waals surface area contributed by atoms with Gasteiger partial charge >= 0.3 is 0 Å². The highest BCUT2D eigenvalue weighted by molar-refractivity contribution is 7.91. The largest absolute Gasteiger partial charge is 0.301 e. The smallest absolute Gasteiger partial charge is 0.241 e. The molecule has 0 fully saturated rings. The Hall–Kier alpha value is -2.58. The van der Waals surface area contributed by atoms with Crippen LogP contribution in [0.15, 0.2) is 60.1 Å². The number of nitrogens with zero attached hydrogens (tertiary/aromatic N) is 2. The van der Waals surface area contributed by atoms with Crippen LogP contribution >= 0.6 is 11.3 Å². The van der Waals surface area contributed by atoms with Crippen molar-refractivity contribution in [1.82, 2.24) is 9.97 Å². The van der Waals surface area contributed by atoms with Crippen LogP contribution in [0, 0.1) is 0 Å². The van der Waals surface area contributed by atoms with Crippen molar-refractivity contribution in [2.75, 3.05) is 11.1 Å². The van der Waals surface area contributed by atoms with Gasteiger partial charge < -0.3 is 5.32 Å². The second-order valence-electron chi connectivity index (χ2n) is 5.32. The molecule has 3 rings (SSSR count). The molecule has 6 nitrogen and oxygen atoms in total. The molecule has 0 aliphatic carbocycles. The van der Waals surface area contributed by atoms with Crippen LogP contribution in [0.25, 0.3) is 11.4 Å². The maximum absolute atomic E-state index is 12.1. The number of benzene rings is 1. The van der Waals surface area contributed by atoms with Crippen molar-refractivity contribution in [3.63, 3.8) is 0 Å². The van der Waals surface area contributed by atoms with Gasteiger partial charge in [0.15, 0.2) is 15.0 Å². The van der Waals surface area contributed by atoms with Gasteiger partial charge in [-0.3, -0.25) is 9.78 Å². The number of carbonyl (C=O) groups is 1. The molecule has 1 amide bonds. The molecule has 2 aromatic heterocycles. The van der Waals surface area contributed by atoms with Gasteiger partial charge in [0, 0.05) is 11.6 Å². The number of amides is 1. The fraction of sp³-hybridized carbons (Fsp3) is 0.118. The number of nitrogens with one attached hydrogen (secondary N) is 1. The van der Waals surface area contributed by atoms with Crippen LogP contribution in [0.5, 0.6) is 0 Å². The number of carbonyl (C=O) groups excluding carboxylic acids is 1. The number of thiazole rings is 1. The van der Waals surface area contributed by atoms with E-state index in [1.165, 1.54) is 11.3 Å². The summed E-state index contributed by atoms with van der Waals surface area (Å²) < 4.78 is 24.3. The van der Waals surface area contributed by atoms with E-state index in [9.17, 15) is 13.2 Å². The topological polar surface area (TPSA) is 89.0 Å². The van der Waals surface area contributed by atoms with Crippen molar-refractivity contribution < 1.29 is 13.2 Å². The lowest BCUT2D eigenvalue weighted by Crippen LogP contribution is -2.23. The minimum absolute atomic E-state index is 0.168. The van der Waals surface area contributed by atoms with E-state index in [4.69, 9.17) is 0 Å². The Balaban J connectivity index is 1.62. The Morgan fingerprint density at radius 3 is 2.52 bits per heavy atom. The first-order chi connectivity index (χ1) is 12.0. The van der Waals surface area contributed by atoms with E-state index in [-0.39, 0.29) is 5.75 Å². The minimum atomic E-state index is -3.55. The van der Waals surface area contributed by atoms with E-state index in [1.807, 2.05) is 18.2 Å². The summed E-state index contributed by atoms with van der Waals surface area (Å²) in [5.74, 6) is -1.35. The van der Waals surface area contributed by atoms with Gasteiger partial charge in [0.1, 0.15) is 11.4 Å². The molecule has 1 aromatic carbocycles. The van der Waals surface area contributed by atoms with E-state index >= 15 is 0 Å². The summed E-state index contributed by atoms with van der Waals surface area (Å²) in [6, 6.07) is 14.2. The first kappa shape index (κ1) is 17.2. The van der Waals surface area contributed by atoms with Crippen molar-refractivity contribution >= 4 is 32.2 Å². The molecule has 0 saturated carbocycles. The average molecular weight is 373 g/mol. The number of hydrogen-bond acceptors (Lipinski definition) is 6. The summed E-state index contributed by atoms with van der Waals surface area (Å²) in [4.78, 5) is 20.5. The minimum Gasteiger partial charge on any atom is -0.301 e. The second-order valence-corrected chi connectivity index (χ2v) is 8.24. The fourth-order valence-corrected chi connectivity index (χ4v) is 4.19. The van der Waals surface area contributed by atoms with E-state index < -0.39 is 21.5 Å². The Bertz CT molecular complexity index is 955. The summed E-state index contributed by atoms with van der Waals surface area (Å²) >= 11 is 1.22. The van der Waals surface area contributed by atoms with Gasteiger partial charge in [-0.05, 0) is 17.7 Å². The van der Waals surface area contributed by atoms with Gasteiger partial charge in [0.25, 0.3) is 0 Å². The lowest BCUT2D eigenvalue weighted by molar-refractivity contribution is -0.113. The Kier molecular flexibility index (Phi) is 5.20. The zero-order valence-corrected chi connectivity index (χ0v) is 14.8. The van der Waals surface area contributed by atoms with Crippen LogP contribution in [0.2, 0.25) is 0 Å². The third-order valence-electron chi connectivity index (χ3n) is 3.26. The number of rotatable bonds is 6. The molecule has 1 N–H and O–H groups in total. The molecule has 128 valence electrons. The van der Waals surface area contributed by atoms with Crippen LogP contribution in [-0.4, -0.2) is 30.0 Å². The van der Waals surface area contributed by atoms with E-state index in [1.54, 1.807) is 41.9 Å². The predicted molar refractivity (Wildman–Crippen MR) is 97.9 cm³/mol. The van der Waals surface area contributed by atoms with Gasteiger partial charge in [0.05, 0.1) is 11.4 Å². The molecule has 0 bridgehead atoms. The van der Waals surface area contributed by atoms with Gasteiger partial charge in [-0.2, -0.15) is 0 Å². The molecule has 0 saturated heterocycles. The van der Waals surface area contributed by atoms with Crippen molar-refractivity contribution in [2.24, 2.45) is 0 Å². The summed E-state index contributed by atoms with van der Waals surface area (Å²) in [6.45, 7) is 0. The molecule has 0 aliphatic rings. The van der Waals surface area contributed by atoms with Gasteiger partial charge in [-0.15, -0.1) is 11.3 Å². The monoisotopic (exact) mass is 373 g/mol. The number of pyridine rings is 1. The lowest BCUT2D eigenvalue weighted by atomic mass is 10.2. The summed E-state index contributed by atoms with van der Waals surface area (Å²) in [5.41, 5.74) is 1.98. The Morgan fingerprint density at radius 2 is 1.80 bits per heavy atom. The first-order valence-corrected chi connectivity index (χ1v) is 10.1. The number of anilines is 1. The third kappa shape index (κ3) is 4.94. The van der Waals surface area contributed by atoms with Crippen LogP contribution in [0.4, 0.5) is 5.13 Å². The molecule has 0 aliphatic heterocycles. The quantitative estimate of drug-likeness (QED) is 0.718. The van der Waals surface area contributed by atoms with E-state index in [2.05, 4.69) is 15.3 Å². The highest BCUT2D eigenvalue weighted by atomic mass is 32.2. The molecule has 25 heavy (non-hydrogen) atoms. The molecule has 0 unspecified atom stereocenters. The van der Waals surface area contributed by atoms with Crippen LogP contribution in [-0.2, 0) is 20.4 Å². The van der Waals surface area contributed by atoms with Crippen molar-refractivity contribution in [3.05, 3.63) is 65.7 Å². The van der Waals surface area contributed by atoms with Gasteiger partial charge in [-0.25, -0.2) is 13.4 Å². The van der Waals surface area contributed by atoms with Crippen LogP contribution in [0.3, 0.4) is 0 Å². The fourth-order valence-electron chi connectivity index (χ4n) is 2.20. The molecule has 2 heterocycles. The maximum Gasteiger partial charge on any atom is 0.241 e. The van der Waals surface area contributed by atoms with Crippen LogP contribution in [0.1, 0.15) is 5.56 Å². The van der Waals surface area contributed by atoms with Crippen molar-refractivity contribution in [1.29, 1.82) is 0 Å². The SMILES string of the molecule is O=C(CS(=O)(=O)Cc1ccccc1)Nc1nc(-c2ccccn2)cs1. The molecular formula is C17H15N3O3S2. The van der Waals surface area contributed by atoms with Gasteiger partial charge in [0.2, 0.25) is 5.91 Å². The summed E-state index contributed by atoms with van der Waals surface area (Å²) in [6.07, 6.45) is 1.66. The molecule has 0 spiro atoms. The van der Waals surface area contributed by atoms with E-state index in [0.717, 1.165) is 0 Å². The highest BCUT2D eigenvalue weighted by Crippen LogP contribution is 2.23. The van der Waals surface area contributed by atoms with Gasteiger partial charge in [-0.1, -0.05) is 36.4 Å². The normalized spacial score (nSPS) is 11.2. The molecule has 8 heteroatoms. The molecule has 3 aromatic rings. The Morgan fingerprint density at radius 1 is 1.04 bits per heavy atom. The number of hydrogen-bond donors (Lipinski definition) is 1. The molecule has 0 atom stereocenters. The molecule has 0 radical (unpaired) electrons. The summed E-state index contributed by atoms with van der Waals surface area (Å²) in [5, 5.41) is 4.64. The molecular weight excluding hydrogens is 358 g/mol. The van der Waals surface area contributed by atoms with Crippen LogP contribution < -0.4 is 5.32 Å². The van der Waals surface area contributed by atoms with E-state index in [0.29, 0.717) is 22.1 Å². The highest BCUT2D eigenvalue weighted by Gasteiger charge is 2.18. The number of aromatic nitrogens is 2. The second kappa shape index (κ2) is 7.54. The zero-order valence-electron chi connectivity index (χ0n) is 13.1. The summed E-state index contributed by atoms with van der Waals surface area (Å²) in [7, 11) is -3.55. The Labute approximate surface area is 149 Å². The number of sulfone groups is 1. The van der Waals surface area contributed by atoms with Crippen molar-refractivity contribution in [2.45, 2.75) is 5.75 Å². The van der Waals surface area contributed by atoms with Crippen molar-refractivity contribution in [3.8, 4) is 11.4 Å². The third-order valence-corrected chi connectivity index (χ3v) is 5.49. The maximum atomic E-state index is 12.1.